The highest BCUT2D eigenvalue weighted by atomic mass is 79.9. The number of carbonyl (C=O) groups is 1. The Hall–Kier alpha value is -1.98. The molecule has 1 heterocycles. The Bertz CT molecular complexity index is 1040. The first-order valence-corrected chi connectivity index (χ1v) is 11.9. The molecule has 0 radical (unpaired) electrons. The van der Waals surface area contributed by atoms with Gasteiger partial charge in [-0.15, -0.1) is 0 Å². The minimum Gasteiger partial charge on any atom is -0.489 e. The van der Waals surface area contributed by atoms with Crippen LogP contribution in [0.5, 0.6) is 5.75 Å². The molecule has 2 aromatic carbocycles. The maximum atomic E-state index is 13.3. The van der Waals surface area contributed by atoms with Crippen LogP contribution in [0, 0.1) is 5.41 Å². The summed E-state index contributed by atoms with van der Waals surface area (Å²) in [7, 11) is -4.12. The Morgan fingerprint density at radius 3 is 2.48 bits per heavy atom. The van der Waals surface area contributed by atoms with E-state index in [9.17, 15) is 18.3 Å². The summed E-state index contributed by atoms with van der Waals surface area (Å²) in [6, 6.07) is 12.3. The first-order valence-electron chi connectivity index (χ1n) is 9.66. The Morgan fingerprint density at radius 2 is 1.87 bits per heavy atom. The van der Waals surface area contributed by atoms with Gasteiger partial charge in [0.15, 0.2) is 0 Å². The number of amides is 1. The van der Waals surface area contributed by atoms with Crippen molar-refractivity contribution < 1.29 is 28.3 Å². The van der Waals surface area contributed by atoms with Gasteiger partial charge in [-0.3, -0.25) is 10.0 Å². The lowest BCUT2D eigenvalue weighted by atomic mass is 9.76. The maximum Gasteiger partial charge on any atom is 0.262 e. The Labute approximate surface area is 190 Å². The van der Waals surface area contributed by atoms with Gasteiger partial charge in [-0.1, -0.05) is 48.0 Å². The lowest BCUT2D eigenvalue weighted by Crippen LogP contribution is -2.62. The maximum absolute atomic E-state index is 13.3. The summed E-state index contributed by atoms with van der Waals surface area (Å²) in [4.78, 5) is 12.3. The topological polar surface area (TPSA) is 116 Å². The van der Waals surface area contributed by atoms with E-state index in [1.54, 1.807) is 19.3 Å². The Balaban J connectivity index is 1.83. The van der Waals surface area contributed by atoms with E-state index in [0.717, 1.165) is 14.3 Å². The molecule has 0 aliphatic carbocycles. The number of sulfonamides is 1. The molecule has 10 heteroatoms. The van der Waals surface area contributed by atoms with E-state index in [2.05, 4.69) is 15.9 Å². The van der Waals surface area contributed by atoms with Crippen molar-refractivity contribution in [3.63, 3.8) is 0 Å². The van der Waals surface area contributed by atoms with Gasteiger partial charge < -0.3 is 9.84 Å². The zero-order valence-corrected chi connectivity index (χ0v) is 19.6. The normalized spacial score (nSPS) is 21.5. The highest BCUT2D eigenvalue weighted by Crippen LogP contribution is 2.38. The molecular weight excluding hydrogens is 488 g/mol. The summed E-state index contributed by atoms with van der Waals surface area (Å²) in [6.07, 6.45) is -0.710. The number of piperidine rings is 1. The number of β-amino-alcohol motifs (C(OH)–C–C–N with tert-alkyl or cyclic N) is 1. The van der Waals surface area contributed by atoms with Gasteiger partial charge in [0.2, 0.25) is 10.0 Å². The quantitative estimate of drug-likeness (QED) is 0.404. The van der Waals surface area contributed by atoms with E-state index in [1.165, 1.54) is 24.3 Å². The molecule has 8 nitrogen and oxygen atoms in total. The molecule has 168 valence electrons. The number of halogens is 1. The fraction of sp³-hybridized carbons (Fsp3) is 0.381. The third-order valence-electron chi connectivity index (χ3n) is 5.32. The molecule has 1 fully saturated rings. The number of aliphatic hydroxyl groups excluding tert-OH is 1. The number of ether oxygens (including phenoxy) is 1. The molecular formula is C21H25BrN2O6S. The van der Waals surface area contributed by atoms with Crippen molar-refractivity contribution in [2.45, 2.75) is 43.9 Å². The second kappa shape index (κ2) is 9.25. The number of carbonyl (C=O) groups excluding carboxylic acids is 1. The van der Waals surface area contributed by atoms with Gasteiger partial charge in [-0.05, 0) is 42.2 Å². The van der Waals surface area contributed by atoms with E-state index in [-0.39, 0.29) is 17.9 Å². The van der Waals surface area contributed by atoms with E-state index in [0.29, 0.717) is 12.4 Å². The van der Waals surface area contributed by atoms with Gasteiger partial charge in [0.1, 0.15) is 18.4 Å². The number of hydrogen-bond donors (Lipinski definition) is 3. The van der Waals surface area contributed by atoms with Crippen molar-refractivity contribution in [3.05, 3.63) is 58.6 Å². The number of hydrogen-bond acceptors (Lipinski definition) is 6. The summed E-state index contributed by atoms with van der Waals surface area (Å²) in [5.41, 5.74) is 1.61. The second-order valence-electron chi connectivity index (χ2n) is 8.15. The Kier molecular flexibility index (Phi) is 7.07. The monoisotopic (exact) mass is 512 g/mol. The van der Waals surface area contributed by atoms with Crippen molar-refractivity contribution in [1.29, 1.82) is 0 Å². The van der Waals surface area contributed by atoms with Gasteiger partial charge in [-0.25, -0.2) is 13.9 Å². The molecule has 3 N–H and O–H groups in total. The molecule has 0 bridgehead atoms. The second-order valence-corrected chi connectivity index (χ2v) is 10.9. The van der Waals surface area contributed by atoms with E-state index < -0.39 is 33.5 Å². The fourth-order valence-corrected chi connectivity index (χ4v) is 6.07. The number of nitrogens with zero attached hydrogens (tertiary/aromatic N) is 1. The lowest BCUT2D eigenvalue weighted by Gasteiger charge is -2.45. The highest BCUT2D eigenvalue weighted by molar-refractivity contribution is 9.10. The third-order valence-corrected chi connectivity index (χ3v) is 7.94. The van der Waals surface area contributed by atoms with E-state index in [4.69, 9.17) is 9.94 Å². The first kappa shape index (κ1) is 23.7. The molecule has 0 spiro atoms. The molecule has 1 aliphatic rings. The molecule has 31 heavy (non-hydrogen) atoms. The summed E-state index contributed by atoms with van der Waals surface area (Å²) in [6.45, 7) is 3.41. The zero-order chi connectivity index (χ0) is 22.8. The molecule has 3 rings (SSSR count). The van der Waals surface area contributed by atoms with E-state index in [1.807, 2.05) is 24.3 Å². The summed E-state index contributed by atoms with van der Waals surface area (Å²) in [5.74, 6) is -0.354. The van der Waals surface area contributed by atoms with Gasteiger partial charge >= 0.3 is 0 Å². The molecule has 2 atom stereocenters. The highest BCUT2D eigenvalue weighted by Gasteiger charge is 2.50. The zero-order valence-electron chi connectivity index (χ0n) is 17.2. The predicted molar refractivity (Wildman–Crippen MR) is 117 cm³/mol. The van der Waals surface area contributed by atoms with Gasteiger partial charge in [0, 0.05) is 16.6 Å². The number of benzene rings is 2. The number of aliphatic hydroxyl groups is 1. The van der Waals surface area contributed by atoms with Crippen LogP contribution in [0.2, 0.25) is 0 Å². The third kappa shape index (κ3) is 5.09. The molecule has 1 amide bonds. The summed E-state index contributed by atoms with van der Waals surface area (Å²) >= 11 is 3.45. The molecule has 1 saturated heterocycles. The number of rotatable bonds is 6. The minimum atomic E-state index is -4.12. The molecule has 0 saturated carbocycles. The van der Waals surface area contributed by atoms with Crippen molar-refractivity contribution in [2.24, 2.45) is 5.41 Å². The van der Waals surface area contributed by atoms with Crippen molar-refractivity contribution in [1.82, 2.24) is 9.79 Å². The number of hydroxylamine groups is 1. The summed E-state index contributed by atoms with van der Waals surface area (Å²) < 4.78 is 34.2. The summed E-state index contributed by atoms with van der Waals surface area (Å²) in [5, 5.41) is 19.4. The lowest BCUT2D eigenvalue weighted by molar-refractivity contribution is -0.140. The van der Waals surface area contributed by atoms with Gasteiger partial charge in [0.05, 0.1) is 11.0 Å². The van der Waals surface area contributed by atoms with Crippen LogP contribution < -0.4 is 10.2 Å². The van der Waals surface area contributed by atoms with Gasteiger partial charge in [0.25, 0.3) is 5.91 Å². The van der Waals surface area contributed by atoms with Crippen molar-refractivity contribution >= 4 is 31.9 Å². The number of nitrogens with one attached hydrogen (secondary N) is 1. The molecule has 0 unspecified atom stereocenters. The standard InChI is InChI=1S/C21H25BrN2O6S/c1-21(2)11-15(25)12-24(19(21)20(26)23-27)31(28,29)17-9-7-16(8-10-17)30-13-14-5-3-4-6-18(14)22/h3-10,15,19,25,27H,11-13H2,1-2H3,(H,23,26)/t15-,19+/m1/s1. The van der Waals surface area contributed by atoms with Crippen LogP contribution in [0.4, 0.5) is 0 Å². The van der Waals surface area contributed by atoms with Crippen LogP contribution in [0.1, 0.15) is 25.8 Å². The molecule has 1 aliphatic heterocycles. The van der Waals surface area contributed by atoms with Crippen LogP contribution in [-0.4, -0.2) is 47.6 Å². The average Bonchev–Trinajstić information content (AvgIpc) is 2.71. The van der Waals surface area contributed by atoms with Crippen LogP contribution in [0.25, 0.3) is 0 Å². The van der Waals surface area contributed by atoms with Gasteiger partial charge in [-0.2, -0.15) is 4.31 Å². The van der Waals surface area contributed by atoms with Crippen LogP contribution >= 0.6 is 15.9 Å². The minimum absolute atomic E-state index is 0.0404. The Morgan fingerprint density at radius 1 is 1.23 bits per heavy atom. The smallest absolute Gasteiger partial charge is 0.262 e. The molecule has 0 aromatic heterocycles. The predicted octanol–water partition coefficient (Wildman–Crippen LogP) is 2.68. The van der Waals surface area contributed by atoms with Crippen LogP contribution in [-0.2, 0) is 21.4 Å². The SMILES string of the molecule is CC1(C)C[C@@H](O)CN(S(=O)(=O)c2ccc(OCc3ccccc3Br)cc2)[C@H]1C(=O)NO. The van der Waals surface area contributed by atoms with E-state index >= 15 is 0 Å². The average molecular weight is 513 g/mol. The first-order chi connectivity index (χ1) is 14.6. The van der Waals surface area contributed by atoms with Crippen LogP contribution in [0.15, 0.2) is 57.9 Å². The van der Waals surface area contributed by atoms with Crippen LogP contribution in [0.3, 0.4) is 0 Å². The van der Waals surface area contributed by atoms with Crippen molar-refractivity contribution in [2.75, 3.05) is 6.54 Å². The fourth-order valence-electron chi connectivity index (χ4n) is 3.89. The molecule has 2 aromatic rings. The largest absolute Gasteiger partial charge is 0.489 e. The van der Waals surface area contributed by atoms with Crippen molar-refractivity contribution in [3.8, 4) is 5.75 Å².